The van der Waals surface area contributed by atoms with Crippen LogP contribution in [-0.4, -0.2) is 94.9 Å². The number of benzene rings is 2. The van der Waals surface area contributed by atoms with Gasteiger partial charge in [0.05, 0.1) is 38.2 Å². The highest BCUT2D eigenvalue weighted by molar-refractivity contribution is 6.04. The summed E-state index contributed by atoms with van der Waals surface area (Å²) < 4.78 is 9.58. The fourth-order valence-corrected chi connectivity index (χ4v) is 9.03. The highest BCUT2D eigenvalue weighted by atomic mass is 16.5. The smallest absolute Gasteiger partial charge is 0.407 e. The van der Waals surface area contributed by atoms with Crippen LogP contribution in [0.3, 0.4) is 0 Å². The Balaban J connectivity index is 1.06. The fourth-order valence-electron chi connectivity index (χ4n) is 9.03. The first-order chi connectivity index (χ1) is 27.2. The number of amides is 4. The maximum atomic E-state index is 13.7. The van der Waals surface area contributed by atoms with Gasteiger partial charge in [-0.15, -0.1) is 0 Å². The number of ether oxygens (including phenoxy) is 2. The number of hydrogen-bond donors (Lipinski definition) is 3. The van der Waals surface area contributed by atoms with Gasteiger partial charge in [0.1, 0.15) is 17.9 Å². The number of allylic oxidation sites excluding steroid dienone is 1. The molecule has 1 aromatic heterocycles. The quantitative estimate of drug-likeness (QED) is 0.200. The molecule has 0 unspecified atom stereocenters. The Bertz CT molecular complexity index is 2130. The number of methoxy groups -OCH3 is 2. The Morgan fingerprint density at radius 3 is 1.88 bits per heavy atom. The lowest BCUT2D eigenvalue weighted by Crippen LogP contribution is -2.53. The molecule has 0 spiro atoms. The second-order valence-corrected chi connectivity index (χ2v) is 16.9. The number of alkyl carbamates (subject to hydrolysis) is 2. The van der Waals surface area contributed by atoms with Crippen LogP contribution in [0.2, 0.25) is 0 Å². The molecule has 3 aromatic rings. The van der Waals surface area contributed by atoms with E-state index in [1.807, 2.05) is 49.9 Å². The Labute approximate surface area is 334 Å². The van der Waals surface area contributed by atoms with Gasteiger partial charge in [0.25, 0.3) is 0 Å². The molecule has 57 heavy (non-hydrogen) atoms. The highest BCUT2D eigenvalue weighted by Crippen LogP contribution is 2.50. The van der Waals surface area contributed by atoms with Crippen LogP contribution < -0.4 is 10.6 Å². The number of rotatable bonds is 10. The van der Waals surface area contributed by atoms with Gasteiger partial charge in [-0.25, -0.2) is 14.6 Å². The first-order valence-electron chi connectivity index (χ1n) is 20.1. The maximum Gasteiger partial charge on any atom is 0.407 e. The molecule has 3 aliphatic heterocycles. The number of fused-ring (bicyclic) bond motifs is 3. The molecule has 4 heterocycles. The standard InChI is InChI=1S/C44H55N7O6/c1-24(2)37(48-42(54)56-7)40(52)50-17-9-11-35(50)33-21-28(22-45-33)26-13-15-29-30-16-14-27(20-32(30)44(5,6)31(29)19-26)34-23-46-39(47-34)36-12-10-18-51(36)41(53)38(25(3)4)49-43(55)57-8/h13-16,19-20,22-25,35-38H,9-12,17-18,21H2,1-8H3,(H,46,47)(H,48,54)(H,49,55)/t35-,36-,37-,38-/m0/s1. The van der Waals surface area contributed by atoms with Crippen molar-refractivity contribution in [1.29, 1.82) is 0 Å². The average molecular weight is 778 g/mol. The van der Waals surface area contributed by atoms with Gasteiger partial charge in [0, 0.05) is 36.8 Å². The molecule has 0 bridgehead atoms. The third-order valence-electron chi connectivity index (χ3n) is 12.3. The molecule has 2 saturated heterocycles. The van der Waals surface area contributed by atoms with E-state index in [9.17, 15) is 19.2 Å². The number of H-pyrrole nitrogens is 1. The van der Waals surface area contributed by atoms with Crippen LogP contribution >= 0.6 is 0 Å². The summed E-state index contributed by atoms with van der Waals surface area (Å²) in [6.07, 6.45) is 6.58. The number of hydrogen-bond acceptors (Lipinski definition) is 8. The van der Waals surface area contributed by atoms with Gasteiger partial charge in [-0.05, 0) is 88.6 Å². The normalized spacial score (nSPS) is 20.5. The van der Waals surface area contributed by atoms with Gasteiger partial charge in [-0.2, -0.15) is 0 Å². The van der Waals surface area contributed by atoms with Crippen molar-refractivity contribution in [2.24, 2.45) is 16.8 Å². The Hall–Kier alpha value is -5.46. The van der Waals surface area contributed by atoms with Crippen LogP contribution in [0, 0.1) is 11.8 Å². The predicted molar refractivity (Wildman–Crippen MR) is 218 cm³/mol. The van der Waals surface area contributed by atoms with Crippen LogP contribution in [0.1, 0.15) is 102 Å². The maximum absolute atomic E-state index is 13.7. The van der Waals surface area contributed by atoms with E-state index >= 15 is 0 Å². The van der Waals surface area contributed by atoms with E-state index in [0.717, 1.165) is 59.6 Å². The molecule has 0 saturated carbocycles. The number of carbonyl (C=O) groups excluding carboxylic acids is 4. The van der Waals surface area contributed by atoms with Crippen molar-refractivity contribution >= 4 is 35.3 Å². The van der Waals surface area contributed by atoms with Gasteiger partial charge in [-0.1, -0.05) is 65.8 Å². The van der Waals surface area contributed by atoms with E-state index < -0.39 is 24.3 Å². The average Bonchev–Trinajstić information content (AvgIpc) is 4.05. The molecule has 7 rings (SSSR count). The van der Waals surface area contributed by atoms with Crippen molar-refractivity contribution < 1.29 is 28.7 Å². The number of imidazole rings is 1. The molecule has 13 nitrogen and oxygen atoms in total. The molecule has 302 valence electrons. The molecule has 1 aliphatic carbocycles. The summed E-state index contributed by atoms with van der Waals surface area (Å²) in [6.45, 7) is 13.4. The number of nitrogens with zero attached hydrogens (tertiary/aromatic N) is 4. The molecular formula is C44H55N7O6. The van der Waals surface area contributed by atoms with Crippen LogP contribution in [0.5, 0.6) is 0 Å². The van der Waals surface area contributed by atoms with Crippen molar-refractivity contribution in [3.05, 3.63) is 71.3 Å². The van der Waals surface area contributed by atoms with Crippen molar-refractivity contribution in [3.63, 3.8) is 0 Å². The Morgan fingerprint density at radius 1 is 0.789 bits per heavy atom. The fraction of sp³-hybridized carbons (Fsp3) is 0.500. The van der Waals surface area contributed by atoms with Crippen molar-refractivity contribution in [1.82, 2.24) is 30.4 Å². The second kappa shape index (κ2) is 15.8. The first kappa shape index (κ1) is 39.8. The first-order valence-corrected chi connectivity index (χ1v) is 20.1. The van der Waals surface area contributed by atoms with Crippen LogP contribution in [0.15, 0.2) is 53.8 Å². The van der Waals surface area contributed by atoms with Gasteiger partial charge < -0.3 is 34.9 Å². The zero-order valence-electron chi connectivity index (χ0n) is 34.3. The molecule has 4 aliphatic rings. The number of aromatic amines is 1. The molecule has 2 aromatic carbocycles. The van der Waals surface area contributed by atoms with E-state index in [-0.39, 0.29) is 41.1 Å². The number of aliphatic imine (C=N–C) groups is 1. The third-order valence-corrected chi connectivity index (χ3v) is 12.3. The molecule has 2 fully saturated rings. The molecule has 4 amide bonds. The summed E-state index contributed by atoms with van der Waals surface area (Å²) in [5.41, 5.74) is 9.73. The van der Waals surface area contributed by atoms with E-state index in [2.05, 4.69) is 65.9 Å². The summed E-state index contributed by atoms with van der Waals surface area (Å²) in [5.74, 6) is 0.299. The zero-order chi connectivity index (χ0) is 40.8. The van der Waals surface area contributed by atoms with Gasteiger partial charge in [0.15, 0.2) is 0 Å². The summed E-state index contributed by atoms with van der Waals surface area (Å²) in [7, 11) is 2.60. The zero-order valence-corrected chi connectivity index (χ0v) is 34.3. The second-order valence-electron chi connectivity index (χ2n) is 16.9. The lowest BCUT2D eigenvalue weighted by Gasteiger charge is -2.31. The molecule has 3 N–H and O–H groups in total. The van der Waals surface area contributed by atoms with E-state index in [0.29, 0.717) is 19.5 Å². The SMILES string of the molecule is COC(=O)N[C@H](C(=O)N1CCC[C@H]1C1=NC=C(c2ccc3c(c2)C(C)(C)c2cc(-c4cnc([C@@H]5CCCN5C(=O)[C@@H](NC(=O)OC)C(C)C)[nH]4)ccc2-3)C1)C(C)C. The van der Waals surface area contributed by atoms with Crippen LogP contribution in [0.25, 0.3) is 28.0 Å². The molecule has 13 heteroatoms. The molecular weight excluding hydrogens is 723 g/mol. The molecule has 4 atom stereocenters. The van der Waals surface area contributed by atoms with E-state index in [4.69, 9.17) is 19.5 Å². The van der Waals surface area contributed by atoms with Gasteiger partial charge in [0.2, 0.25) is 11.8 Å². The largest absolute Gasteiger partial charge is 0.453 e. The van der Waals surface area contributed by atoms with Gasteiger partial charge >= 0.3 is 12.2 Å². The van der Waals surface area contributed by atoms with E-state index in [1.54, 1.807) is 0 Å². The summed E-state index contributed by atoms with van der Waals surface area (Å²) in [4.78, 5) is 68.4. The summed E-state index contributed by atoms with van der Waals surface area (Å²) >= 11 is 0. The minimum absolute atomic E-state index is 0.0917. The summed E-state index contributed by atoms with van der Waals surface area (Å²) in [5, 5.41) is 5.45. The van der Waals surface area contributed by atoms with Crippen molar-refractivity contribution in [2.75, 3.05) is 27.3 Å². The number of nitrogens with one attached hydrogen (secondary N) is 3. The third kappa shape index (κ3) is 7.44. The minimum Gasteiger partial charge on any atom is -0.453 e. The number of carbonyl (C=O) groups is 4. The Morgan fingerprint density at radius 2 is 1.32 bits per heavy atom. The van der Waals surface area contributed by atoms with Crippen LogP contribution in [0.4, 0.5) is 9.59 Å². The molecule has 0 radical (unpaired) electrons. The number of aromatic nitrogens is 2. The van der Waals surface area contributed by atoms with Crippen molar-refractivity contribution in [2.45, 2.75) is 103 Å². The minimum atomic E-state index is -0.692. The Kier molecular flexibility index (Phi) is 11.0. The monoisotopic (exact) mass is 777 g/mol. The van der Waals surface area contributed by atoms with Crippen molar-refractivity contribution in [3.8, 4) is 22.4 Å². The lowest BCUT2D eigenvalue weighted by atomic mass is 9.81. The van der Waals surface area contributed by atoms with Gasteiger partial charge in [-0.3, -0.25) is 14.6 Å². The predicted octanol–water partition coefficient (Wildman–Crippen LogP) is 6.98. The number of likely N-dealkylation sites (tertiary alicyclic amines) is 2. The highest BCUT2D eigenvalue weighted by Gasteiger charge is 2.41. The summed E-state index contributed by atoms with van der Waals surface area (Å²) in [6, 6.07) is 11.6. The lowest BCUT2D eigenvalue weighted by molar-refractivity contribution is -0.135. The topological polar surface area (TPSA) is 158 Å². The van der Waals surface area contributed by atoms with Crippen LogP contribution in [-0.2, 0) is 24.5 Å². The van der Waals surface area contributed by atoms with E-state index in [1.165, 1.54) is 36.5 Å².